The van der Waals surface area contributed by atoms with Gasteiger partial charge in [0, 0.05) is 10.4 Å². The van der Waals surface area contributed by atoms with Gasteiger partial charge in [-0.3, -0.25) is 4.79 Å². The molecule has 1 fully saturated rings. The molecule has 1 amide bonds. The van der Waals surface area contributed by atoms with Crippen molar-refractivity contribution in [2.45, 2.75) is 12.3 Å². The highest BCUT2D eigenvalue weighted by atomic mass is 79.9. The van der Waals surface area contributed by atoms with Crippen LogP contribution in [0.4, 0.5) is 5.13 Å². The lowest BCUT2D eigenvalue weighted by Gasteiger charge is -2.01. The van der Waals surface area contributed by atoms with Gasteiger partial charge < -0.3 is 5.32 Å². The summed E-state index contributed by atoms with van der Waals surface area (Å²) in [6.45, 7) is 0. The summed E-state index contributed by atoms with van der Waals surface area (Å²) in [4.78, 5) is 16.8. The van der Waals surface area contributed by atoms with Crippen LogP contribution in [0.2, 0.25) is 0 Å². The van der Waals surface area contributed by atoms with Crippen LogP contribution in [0.15, 0.2) is 53.0 Å². The summed E-state index contributed by atoms with van der Waals surface area (Å²) in [5, 5.41) is 3.64. The summed E-state index contributed by atoms with van der Waals surface area (Å²) in [6, 6.07) is 16.2. The van der Waals surface area contributed by atoms with Crippen LogP contribution in [-0.2, 0) is 4.79 Å². The molecule has 0 radical (unpaired) electrons. The second-order valence-electron chi connectivity index (χ2n) is 5.48. The van der Waals surface area contributed by atoms with Gasteiger partial charge in [-0.2, -0.15) is 0 Å². The minimum Gasteiger partial charge on any atom is -0.302 e. The molecule has 0 bridgehead atoms. The van der Waals surface area contributed by atoms with E-state index in [0.717, 1.165) is 21.1 Å². The predicted molar refractivity (Wildman–Crippen MR) is 93.2 cm³/mol. The van der Waals surface area contributed by atoms with Crippen LogP contribution in [-0.4, -0.2) is 10.9 Å². The summed E-state index contributed by atoms with van der Waals surface area (Å²) in [5.74, 6) is 0.498. The second-order valence-corrected chi connectivity index (χ2v) is 7.43. The average Bonchev–Trinajstić information content (AvgIpc) is 3.23. The summed E-state index contributed by atoms with van der Waals surface area (Å²) in [5.41, 5.74) is 2.16. The number of carbonyl (C=O) groups excluding carboxylic acids is 1. The number of carbonyl (C=O) groups is 1. The third-order valence-electron chi connectivity index (χ3n) is 3.94. The molecule has 3 nitrogen and oxygen atoms in total. The summed E-state index contributed by atoms with van der Waals surface area (Å²) >= 11 is 4.96. The normalized spacial score (nSPS) is 20.0. The van der Waals surface area contributed by atoms with E-state index in [2.05, 4.69) is 38.4 Å². The van der Waals surface area contributed by atoms with Gasteiger partial charge in [-0.25, -0.2) is 4.98 Å². The Morgan fingerprint density at radius 3 is 2.86 bits per heavy atom. The van der Waals surface area contributed by atoms with Crippen molar-refractivity contribution in [3.63, 3.8) is 0 Å². The first kappa shape index (κ1) is 13.9. The molecule has 4 rings (SSSR count). The van der Waals surface area contributed by atoms with Crippen molar-refractivity contribution in [1.29, 1.82) is 0 Å². The maximum Gasteiger partial charge on any atom is 0.229 e. The van der Waals surface area contributed by atoms with Crippen molar-refractivity contribution in [2.24, 2.45) is 5.92 Å². The molecule has 0 unspecified atom stereocenters. The van der Waals surface area contributed by atoms with Gasteiger partial charge in [0.25, 0.3) is 0 Å². The van der Waals surface area contributed by atoms with E-state index >= 15 is 0 Å². The molecular weight excluding hydrogens is 360 g/mol. The van der Waals surface area contributed by atoms with Crippen LogP contribution >= 0.6 is 27.3 Å². The van der Waals surface area contributed by atoms with E-state index in [4.69, 9.17) is 0 Å². The van der Waals surface area contributed by atoms with Crippen LogP contribution < -0.4 is 5.32 Å². The first-order chi connectivity index (χ1) is 10.7. The fourth-order valence-corrected chi connectivity index (χ4v) is 4.12. The van der Waals surface area contributed by atoms with Crippen molar-refractivity contribution in [1.82, 2.24) is 4.98 Å². The average molecular weight is 373 g/mol. The Hall–Kier alpha value is -1.72. The van der Waals surface area contributed by atoms with Crippen LogP contribution in [0.1, 0.15) is 17.9 Å². The van der Waals surface area contributed by atoms with Gasteiger partial charge in [-0.1, -0.05) is 57.6 Å². The number of hydrogen-bond acceptors (Lipinski definition) is 3. The minimum absolute atomic E-state index is 0.0705. The van der Waals surface area contributed by atoms with Crippen molar-refractivity contribution < 1.29 is 4.79 Å². The zero-order chi connectivity index (χ0) is 15.1. The van der Waals surface area contributed by atoms with Gasteiger partial charge >= 0.3 is 0 Å². The number of aromatic nitrogens is 1. The van der Waals surface area contributed by atoms with E-state index in [1.54, 1.807) is 0 Å². The van der Waals surface area contributed by atoms with E-state index in [-0.39, 0.29) is 11.8 Å². The Morgan fingerprint density at radius 2 is 2.05 bits per heavy atom. The van der Waals surface area contributed by atoms with Gasteiger partial charge in [-0.05, 0) is 36.1 Å². The third kappa shape index (κ3) is 2.66. The molecule has 0 saturated heterocycles. The molecule has 1 heterocycles. The minimum atomic E-state index is 0.0705. The molecule has 1 aliphatic rings. The predicted octanol–water partition coefficient (Wildman–Crippen LogP) is 4.80. The Kier molecular flexibility index (Phi) is 3.47. The summed E-state index contributed by atoms with van der Waals surface area (Å²) in [6.07, 6.45) is 0.923. The van der Waals surface area contributed by atoms with E-state index in [9.17, 15) is 4.79 Å². The zero-order valence-electron chi connectivity index (χ0n) is 11.6. The van der Waals surface area contributed by atoms with Crippen LogP contribution in [0.5, 0.6) is 0 Å². The third-order valence-corrected chi connectivity index (χ3v) is 5.36. The fraction of sp³-hybridized carbons (Fsp3) is 0.176. The van der Waals surface area contributed by atoms with E-state index in [1.807, 2.05) is 36.4 Å². The molecule has 1 saturated carbocycles. The first-order valence-electron chi connectivity index (χ1n) is 7.12. The number of nitrogens with zero attached hydrogens (tertiary/aromatic N) is 1. The molecule has 1 N–H and O–H groups in total. The first-order valence-corrected chi connectivity index (χ1v) is 8.73. The molecule has 2 aromatic carbocycles. The van der Waals surface area contributed by atoms with Gasteiger partial charge in [0.05, 0.1) is 10.2 Å². The zero-order valence-corrected chi connectivity index (χ0v) is 14.0. The van der Waals surface area contributed by atoms with Crippen molar-refractivity contribution in [2.75, 3.05) is 5.32 Å². The SMILES string of the molecule is O=C(Nc1nc2ccc(Br)cc2s1)[C@H]1C[C@H]1c1ccccc1. The Bertz CT molecular complexity index is 846. The molecular formula is C17H13BrN2OS. The molecule has 5 heteroatoms. The Labute approximate surface area is 140 Å². The van der Waals surface area contributed by atoms with Gasteiger partial charge in [-0.15, -0.1) is 0 Å². The maximum atomic E-state index is 12.3. The van der Waals surface area contributed by atoms with Crippen molar-refractivity contribution in [3.05, 3.63) is 58.6 Å². The highest BCUT2D eigenvalue weighted by Gasteiger charge is 2.44. The van der Waals surface area contributed by atoms with Gasteiger partial charge in [0.2, 0.25) is 5.91 Å². The number of thiazole rings is 1. The monoisotopic (exact) mass is 372 g/mol. The van der Waals surface area contributed by atoms with E-state index < -0.39 is 0 Å². The summed E-state index contributed by atoms with van der Waals surface area (Å²) in [7, 11) is 0. The number of fused-ring (bicyclic) bond motifs is 1. The number of halogens is 1. The molecule has 0 spiro atoms. The van der Waals surface area contributed by atoms with Crippen LogP contribution in [0.3, 0.4) is 0 Å². The lowest BCUT2D eigenvalue weighted by molar-refractivity contribution is -0.117. The fourth-order valence-electron chi connectivity index (χ4n) is 2.70. The molecule has 110 valence electrons. The topological polar surface area (TPSA) is 42.0 Å². The molecule has 2 atom stereocenters. The highest BCUT2D eigenvalue weighted by molar-refractivity contribution is 9.10. The number of anilines is 1. The number of benzene rings is 2. The molecule has 22 heavy (non-hydrogen) atoms. The molecule has 1 aliphatic carbocycles. The van der Waals surface area contributed by atoms with Crippen molar-refractivity contribution >= 4 is 48.5 Å². The molecule has 1 aromatic heterocycles. The largest absolute Gasteiger partial charge is 0.302 e. The lowest BCUT2D eigenvalue weighted by Crippen LogP contribution is -2.14. The lowest BCUT2D eigenvalue weighted by atomic mass is 10.1. The standard InChI is InChI=1S/C17H13BrN2OS/c18-11-6-7-14-15(8-11)22-17(19-14)20-16(21)13-9-12(13)10-4-2-1-3-5-10/h1-8,12-13H,9H2,(H,19,20,21)/t12-,13-/m0/s1. The quantitative estimate of drug-likeness (QED) is 0.717. The second kappa shape index (κ2) is 5.48. The summed E-state index contributed by atoms with van der Waals surface area (Å²) < 4.78 is 2.09. The van der Waals surface area contributed by atoms with E-state index in [1.165, 1.54) is 16.9 Å². The van der Waals surface area contributed by atoms with Gasteiger partial charge in [0.15, 0.2) is 5.13 Å². The van der Waals surface area contributed by atoms with Crippen LogP contribution in [0, 0.1) is 5.92 Å². The Balaban J connectivity index is 1.48. The van der Waals surface area contributed by atoms with Crippen LogP contribution in [0.25, 0.3) is 10.2 Å². The maximum absolute atomic E-state index is 12.3. The van der Waals surface area contributed by atoms with Gasteiger partial charge in [0.1, 0.15) is 0 Å². The highest BCUT2D eigenvalue weighted by Crippen LogP contribution is 2.48. The molecule has 0 aliphatic heterocycles. The van der Waals surface area contributed by atoms with Crippen molar-refractivity contribution in [3.8, 4) is 0 Å². The Morgan fingerprint density at radius 1 is 1.23 bits per heavy atom. The molecule has 3 aromatic rings. The number of nitrogens with one attached hydrogen (secondary N) is 1. The smallest absolute Gasteiger partial charge is 0.229 e. The number of amides is 1. The number of hydrogen-bond donors (Lipinski definition) is 1. The number of rotatable bonds is 3. The van der Waals surface area contributed by atoms with E-state index in [0.29, 0.717) is 11.0 Å².